The number of benzene rings is 1. The molecule has 0 radical (unpaired) electrons. The molecule has 1 aromatic carbocycles. The van der Waals surface area contributed by atoms with Crippen LogP contribution in [0.4, 0.5) is 13.2 Å². The lowest BCUT2D eigenvalue weighted by molar-refractivity contribution is -0.274. The van der Waals surface area contributed by atoms with E-state index in [2.05, 4.69) is 16.6 Å². The van der Waals surface area contributed by atoms with Crippen LogP contribution in [-0.4, -0.2) is 30.4 Å². The summed E-state index contributed by atoms with van der Waals surface area (Å²) in [4.78, 5) is 2.23. The van der Waals surface area contributed by atoms with Gasteiger partial charge in [0.25, 0.3) is 0 Å². The Labute approximate surface area is 116 Å². The third kappa shape index (κ3) is 4.38. The van der Waals surface area contributed by atoms with E-state index in [0.29, 0.717) is 12.5 Å². The topological polar surface area (TPSA) is 38.5 Å². The number of alkyl halides is 3. The van der Waals surface area contributed by atoms with Gasteiger partial charge in [0.1, 0.15) is 5.75 Å². The van der Waals surface area contributed by atoms with E-state index < -0.39 is 6.36 Å². The summed E-state index contributed by atoms with van der Waals surface area (Å²) in [7, 11) is 0. The summed E-state index contributed by atoms with van der Waals surface area (Å²) in [6.45, 7) is 4.63. The maximum atomic E-state index is 12.0. The van der Waals surface area contributed by atoms with Crippen LogP contribution in [0.3, 0.4) is 0 Å². The number of piperidine rings is 1. The first-order valence-electron chi connectivity index (χ1n) is 6.66. The van der Waals surface area contributed by atoms with Gasteiger partial charge < -0.3 is 10.5 Å². The number of hydrogen-bond donors (Lipinski definition) is 1. The molecule has 0 spiro atoms. The van der Waals surface area contributed by atoms with Crippen molar-refractivity contribution in [1.82, 2.24) is 4.90 Å². The van der Waals surface area contributed by atoms with E-state index in [-0.39, 0.29) is 11.8 Å². The molecule has 1 aromatic rings. The van der Waals surface area contributed by atoms with Gasteiger partial charge in [0.15, 0.2) is 0 Å². The SMILES string of the molecule is CC1CCN(Cc2ccc(OC(F)(F)F)cc2)CC1N. The minimum atomic E-state index is -4.64. The molecular formula is C14H19F3N2O. The molecule has 1 fully saturated rings. The zero-order valence-electron chi connectivity index (χ0n) is 11.4. The fraction of sp³-hybridized carbons (Fsp3) is 0.571. The van der Waals surface area contributed by atoms with E-state index in [1.54, 1.807) is 12.1 Å². The van der Waals surface area contributed by atoms with E-state index in [9.17, 15) is 13.2 Å². The summed E-state index contributed by atoms with van der Waals surface area (Å²) >= 11 is 0. The van der Waals surface area contributed by atoms with Crippen LogP contribution in [-0.2, 0) is 6.54 Å². The lowest BCUT2D eigenvalue weighted by Crippen LogP contribution is -2.47. The first-order chi connectivity index (χ1) is 9.33. The van der Waals surface area contributed by atoms with Gasteiger partial charge in [-0.3, -0.25) is 4.90 Å². The van der Waals surface area contributed by atoms with Crippen LogP contribution < -0.4 is 10.5 Å². The van der Waals surface area contributed by atoms with Gasteiger partial charge in [0, 0.05) is 19.1 Å². The van der Waals surface area contributed by atoms with Crippen molar-refractivity contribution in [2.45, 2.75) is 32.3 Å². The number of likely N-dealkylation sites (tertiary alicyclic amines) is 1. The number of ether oxygens (including phenoxy) is 1. The van der Waals surface area contributed by atoms with Crippen LogP contribution in [0.25, 0.3) is 0 Å². The highest BCUT2D eigenvalue weighted by Gasteiger charge is 2.31. The van der Waals surface area contributed by atoms with Crippen molar-refractivity contribution < 1.29 is 17.9 Å². The van der Waals surface area contributed by atoms with Crippen LogP contribution in [0, 0.1) is 5.92 Å². The van der Waals surface area contributed by atoms with Crippen molar-refractivity contribution in [2.24, 2.45) is 11.7 Å². The Kier molecular flexibility index (Phi) is 4.55. The quantitative estimate of drug-likeness (QED) is 0.929. The van der Waals surface area contributed by atoms with Crippen LogP contribution in [0.2, 0.25) is 0 Å². The highest BCUT2D eigenvalue weighted by Crippen LogP contribution is 2.23. The standard InChI is InChI=1S/C14H19F3N2O/c1-10-6-7-19(9-13(10)18)8-11-2-4-12(5-3-11)20-14(15,16)17/h2-5,10,13H,6-9,18H2,1H3. The van der Waals surface area contributed by atoms with Crippen LogP contribution in [0.5, 0.6) is 5.75 Å². The summed E-state index contributed by atoms with van der Waals surface area (Å²) in [5.41, 5.74) is 6.99. The molecule has 6 heteroatoms. The minimum absolute atomic E-state index is 0.164. The predicted molar refractivity (Wildman–Crippen MR) is 70.2 cm³/mol. The maximum Gasteiger partial charge on any atom is 0.573 e. The highest BCUT2D eigenvalue weighted by atomic mass is 19.4. The summed E-state index contributed by atoms with van der Waals surface area (Å²) in [6.07, 6.45) is -3.59. The third-order valence-electron chi connectivity index (χ3n) is 3.66. The molecule has 0 aliphatic carbocycles. The molecular weight excluding hydrogens is 269 g/mol. The Balaban J connectivity index is 1.91. The number of hydrogen-bond acceptors (Lipinski definition) is 3. The molecule has 2 N–H and O–H groups in total. The van der Waals surface area contributed by atoms with E-state index in [1.807, 2.05) is 0 Å². The van der Waals surface area contributed by atoms with Crippen molar-refractivity contribution in [3.05, 3.63) is 29.8 Å². The second kappa shape index (κ2) is 6.01. The Hall–Kier alpha value is -1.27. The second-order valence-corrected chi connectivity index (χ2v) is 5.36. The molecule has 0 bridgehead atoms. The van der Waals surface area contributed by atoms with Gasteiger partial charge in [-0.25, -0.2) is 0 Å². The monoisotopic (exact) mass is 288 g/mol. The largest absolute Gasteiger partial charge is 0.573 e. The average molecular weight is 288 g/mol. The van der Waals surface area contributed by atoms with E-state index >= 15 is 0 Å². The Morgan fingerprint density at radius 1 is 1.30 bits per heavy atom. The fourth-order valence-corrected chi connectivity index (χ4v) is 2.37. The van der Waals surface area contributed by atoms with Crippen molar-refractivity contribution in [2.75, 3.05) is 13.1 Å². The number of halogens is 3. The average Bonchev–Trinajstić information content (AvgIpc) is 2.35. The molecule has 2 unspecified atom stereocenters. The third-order valence-corrected chi connectivity index (χ3v) is 3.66. The van der Waals surface area contributed by atoms with Crippen LogP contribution >= 0.6 is 0 Å². The van der Waals surface area contributed by atoms with Crippen molar-refractivity contribution >= 4 is 0 Å². The molecule has 0 aromatic heterocycles. The number of nitrogens with two attached hydrogens (primary N) is 1. The molecule has 2 atom stereocenters. The summed E-state index contributed by atoms with van der Waals surface area (Å²) in [6, 6.07) is 6.16. The van der Waals surface area contributed by atoms with Gasteiger partial charge in [-0.1, -0.05) is 19.1 Å². The van der Waals surface area contributed by atoms with E-state index in [4.69, 9.17) is 5.73 Å². The van der Waals surface area contributed by atoms with Crippen molar-refractivity contribution in [3.63, 3.8) is 0 Å². The van der Waals surface area contributed by atoms with Crippen LogP contribution in [0.15, 0.2) is 24.3 Å². The van der Waals surface area contributed by atoms with Gasteiger partial charge in [-0.15, -0.1) is 13.2 Å². The number of nitrogens with zero attached hydrogens (tertiary/aromatic N) is 1. The van der Waals surface area contributed by atoms with Gasteiger partial charge in [-0.05, 0) is 36.6 Å². The first-order valence-corrected chi connectivity index (χ1v) is 6.66. The van der Waals surface area contributed by atoms with E-state index in [1.165, 1.54) is 12.1 Å². The number of rotatable bonds is 3. The normalized spacial score (nSPS) is 24.6. The summed E-state index contributed by atoms with van der Waals surface area (Å²) in [5.74, 6) is 0.332. The van der Waals surface area contributed by atoms with Gasteiger partial charge in [-0.2, -0.15) is 0 Å². The molecule has 112 valence electrons. The zero-order valence-corrected chi connectivity index (χ0v) is 11.4. The summed E-state index contributed by atoms with van der Waals surface area (Å²) < 4.78 is 40.0. The lowest BCUT2D eigenvalue weighted by Gasteiger charge is -2.35. The Bertz CT molecular complexity index is 433. The molecule has 3 nitrogen and oxygen atoms in total. The Morgan fingerprint density at radius 3 is 2.50 bits per heavy atom. The molecule has 1 saturated heterocycles. The predicted octanol–water partition coefficient (Wildman–Crippen LogP) is 2.75. The highest BCUT2D eigenvalue weighted by molar-refractivity contribution is 5.27. The zero-order chi connectivity index (χ0) is 14.8. The molecule has 2 rings (SSSR count). The molecule has 1 aliphatic rings. The molecule has 20 heavy (non-hydrogen) atoms. The van der Waals surface area contributed by atoms with E-state index in [0.717, 1.165) is 25.1 Å². The fourth-order valence-electron chi connectivity index (χ4n) is 2.37. The maximum absolute atomic E-state index is 12.0. The molecule has 1 aliphatic heterocycles. The van der Waals surface area contributed by atoms with Crippen LogP contribution in [0.1, 0.15) is 18.9 Å². The molecule has 1 heterocycles. The van der Waals surface area contributed by atoms with Gasteiger partial charge in [0.05, 0.1) is 0 Å². The molecule has 0 saturated carbocycles. The first kappa shape index (κ1) is 15.1. The Morgan fingerprint density at radius 2 is 1.95 bits per heavy atom. The minimum Gasteiger partial charge on any atom is -0.406 e. The second-order valence-electron chi connectivity index (χ2n) is 5.36. The smallest absolute Gasteiger partial charge is 0.406 e. The summed E-state index contributed by atoms with van der Waals surface area (Å²) in [5, 5.41) is 0. The molecule has 0 amide bonds. The van der Waals surface area contributed by atoms with Crippen molar-refractivity contribution in [3.8, 4) is 5.75 Å². The van der Waals surface area contributed by atoms with Crippen molar-refractivity contribution in [1.29, 1.82) is 0 Å². The lowest BCUT2D eigenvalue weighted by atomic mass is 9.94. The van der Waals surface area contributed by atoms with Gasteiger partial charge in [0.2, 0.25) is 0 Å². The van der Waals surface area contributed by atoms with Gasteiger partial charge >= 0.3 is 6.36 Å².